The Morgan fingerprint density at radius 3 is 2.12 bits per heavy atom. The van der Waals surface area contributed by atoms with Gasteiger partial charge in [0.15, 0.2) is 0 Å². The summed E-state index contributed by atoms with van der Waals surface area (Å²) >= 11 is 0. The van der Waals surface area contributed by atoms with E-state index in [4.69, 9.17) is 4.74 Å². The van der Waals surface area contributed by atoms with E-state index in [1.54, 1.807) is 4.90 Å². The molecule has 2 saturated heterocycles. The maximum Gasteiger partial charge on any atom is 0.410 e. The summed E-state index contributed by atoms with van der Waals surface area (Å²) in [6, 6.07) is 19.2. The molecule has 3 aliphatic rings. The molecule has 3 aromatic carbocycles. The van der Waals surface area contributed by atoms with Crippen LogP contribution in [0.25, 0.3) is 11.1 Å². The number of piperidine rings is 1. The smallest absolute Gasteiger partial charge is 0.410 e. The molecule has 3 aromatic rings. The van der Waals surface area contributed by atoms with Crippen molar-refractivity contribution < 1.29 is 23.4 Å². The zero-order chi connectivity index (χ0) is 23.4. The second kappa shape index (κ2) is 7.91. The van der Waals surface area contributed by atoms with Crippen LogP contribution < -0.4 is 0 Å². The Morgan fingerprint density at radius 1 is 0.941 bits per heavy atom. The summed E-state index contributed by atoms with van der Waals surface area (Å²) in [5.74, 6) is -1.45. The molecular weight excluding hydrogens is 436 g/mol. The lowest BCUT2D eigenvalue weighted by atomic mass is 9.80. The first-order chi connectivity index (χ1) is 16.4. The Morgan fingerprint density at radius 2 is 1.53 bits per heavy atom. The van der Waals surface area contributed by atoms with Crippen molar-refractivity contribution in [2.75, 3.05) is 6.61 Å². The molecule has 1 N–H and O–H groups in total. The standard InChI is InChI=1S/C28H25F2NO3/c29-17-9-12-25(26(30)13-17)28(33)14-18-10-11-19(15-28)31(18)27(32)34-16-24-22-7-3-1-5-20(22)21-6-2-4-8-23(21)24/h1-9,12-13,18-19,24,33H,10-11,14-16H2. The van der Waals surface area contributed by atoms with Crippen LogP contribution in [0, 0.1) is 11.6 Å². The molecule has 2 heterocycles. The van der Waals surface area contributed by atoms with Crippen LogP contribution in [0.15, 0.2) is 66.7 Å². The number of ether oxygens (including phenoxy) is 1. The second-order valence-corrected chi connectivity index (χ2v) is 9.66. The minimum Gasteiger partial charge on any atom is -0.448 e. The predicted octanol–water partition coefficient (Wildman–Crippen LogP) is 5.73. The number of halogens is 2. The van der Waals surface area contributed by atoms with E-state index in [1.807, 2.05) is 24.3 Å². The van der Waals surface area contributed by atoms with Crippen LogP contribution in [-0.2, 0) is 10.3 Å². The highest BCUT2D eigenvalue weighted by atomic mass is 19.1. The number of carbonyl (C=O) groups is 1. The highest BCUT2D eigenvalue weighted by molar-refractivity contribution is 5.79. The van der Waals surface area contributed by atoms with Crippen molar-refractivity contribution in [2.45, 2.75) is 49.3 Å². The molecule has 2 atom stereocenters. The van der Waals surface area contributed by atoms with Gasteiger partial charge >= 0.3 is 6.09 Å². The van der Waals surface area contributed by atoms with Gasteiger partial charge in [0.25, 0.3) is 0 Å². The van der Waals surface area contributed by atoms with Crippen LogP contribution in [0.3, 0.4) is 0 Å². The van der Waals surface area contributed by atoms with Gasteiger partial charge in [0, 0.05) is 42.5 Å². The molecular formula is C28H25F2NO3. The molecule has 0 spiro atoms. The van der Waals surface area contributed by atoms with Gasteiger partial charge in [-0.05, 0) is 41.2 Å². The first-order valence-corrected chi connectivity index (χ1v) is 11.8. The molecule has 2 aliphatic heterocycles. The van der Waals surface area contributed by atoms with Crippen molar-refractivity contribution >= 4 is 6.09 Å². The molecule has 4 nitrogen and oxygen atoms in total. The summed E-state index contributed by atoms with van der Waals surface area (Å²) in [4.78, 5) is 14.9. The molecule has 2 bridgehead atoms. The summed E-state index contributed by atoms with van der Waals surface area (Å²) in [7, 11) is 0. The van der Waals surface area contributed by atoms with E-state index in [0.717, 1.165) is 36.1 Å². The molecule has 2 fully saturated rings. The summed E-state index contributed by atoms with van der Waals surface area (Å²) in [5, 5.41) is 11.3. The van der Waals surface area contributed by atoms with Crippen LogP contribution in [-0.4, -0.2) is 34.8 Å². The lowest BCUT2D eigenvalue weighted by molar-refractivity contribution is -0.0551. The van der Waals surface area contributed by atoms with Crippen LogP contribution in [0.2, 0.25) is 0 Å². The molecule has 0 saturated carbocycles. The quantitative estimate of drug-likeness (QED) is 0.542. The molecule has 2 unspecified atom stereocenters. The van der Waals surface area contributed by atoms with Gasteiger partial charge in [0.2, 0.25) is 0 Å². The summed E-state index contributed by atoms with van der Waals surface area (Å²) < 4.78 is 33.7. The van der Waals surface area contributed by atoms with E-state index in [0.29, 0.717) is 0 Å². The van der Waals surface area contributed by atoms with E-state index in [2.05, 4.69) is 24.3 Å². The first kappa shape index (κ1) is 21.3. The number of benzene rings is 3. The van der Waals surface area contributed by atoms with Crippen molar-refractivity contribution in [1.82, 2.24) is 4.90 Å². The Balaban J connectivity index is 1.19. The van der Waals surface area contributed by atoms with Crippen molar-refractivity contribution in [1.29, 1.82) is 0 Å². The number of hydrogen-bond acceptors (Lipinski definition) is 3. The molecule has 6 rings (SSSR count). The highest BCUT2D eigenvalue weighted by Gasteiger charge is 2.51. The zero-order valence-corrected chi connectivity index (χ0v) is 18.6. The monoisotopic (exact) mass is 461 g/mol. The fourth-order valence-electron chi connectivity index (χ4n) is 6.28. The molecule has 34 heavy (non-hydrogen) atoms. The number of amides is 1. The molecule has 0 aromatic heterocycles. The first-order valence-electron chi connectivity index (χ1n) is 11.8. The van der Waals surface area contributed by atoms with Gasteiger partial charge in [-0.2, -0.15) is 0 Å². The number of nitrogens with zero attached hydrogens (tertiary/aromatic N) is 1. The fraction of sp³-hybridized carbons (Fsp3) is 0.321. The van der Waals surface area contributed by atoms with Crippen molar-refractivity contribution in [3.8, 4) is 11.1 Å². The molecule has 1 aliphatic carbocycles. The average molecular weight is 462 g/mol. The van der Waals surface area contributed by atoms with Crippen LogP contribution in [0.1, 0.15) is 48.3 Å². The summed E-state index contributed by atoms with van der Waals surface area (Å²) in [6.07, 6.45) is 1.46. The Bertz CT molecular complexity index is 1220. The van der Waals surface area contributed by atoms with E-state index in [9.17, 15) is 18.7 Å². The number of hydrogen-bond donors (Lipinski definition) is 1. The molecule has 174 valence electrons. The van der Waals surface area contributed by atoms with Gasteiger partial charge in [-0.1, -0.05) is 54.6 Å². The van der Waals surface area contributed by atoms with E-state index >= 15 is 0 Å². The minimum absolute atomic E-state index is 0.0240. The summed E-state index contributed by atoms with van der Waals surface area (Å²) in [5.41, 5.74) is 3.31. The maximum atomic E-state index is 14.4. The van der Waals surface area contributed by atoms with Gasteiger partial charge in [-0.15, -0.1) is 0 Å². The minimum atomic E-state index is -1.43. The van der Waals surface area contributed by atoms with Crippen molar-refractivity contribution in [3.05, 3.63) is 95.1 Å². The highest BCUT2D eigenvalue weighted by Crippen LogP contribution is 2.47. The molecule has 6 heteroatoms. The largest absolute Gasteiger partial charge is 0.448 e. The molecule has 1 amide bonds. The van der Waals surface area contributed by atoms with E-state index < -0.39 is 23.3 Å². The lowest BCUT2D eigenvalue weighted by Crippen LogP contribution is -2.52. The normalized spacial score (nSPS) is 25.2. The van der Waals surface area contributed by atoms with Gasteiger partial charge in [-0.25, -0.2) is 13.6 Å². The lowest BCUT2D eigenvalue weighted by Gasteiger charge is -2.43. The third-order valence-electron chi connectivity index (χ3n) is 7.75. The third kappa shape index (κ3) is 3.31. The maximum absolute atomic E-state index is 14.4. The Labute approximate surface area is 196 Å². The number of aliphatic hydroxyl groups is 1. The number of fused-ring (bicyclic) bond motifs is 5. The van der Waals surface area contributed by atoms with Crippen LogP contribution in [0.5, 0.6) is 0 Å². The fourth-order valence-corrected chi connectivity index (χ4v) is 6.28. The second-order valence-electron chi connectivity index (χ2n) is 9.66. The zero-order valence-electron chi connectivity index (χ0n) is 18.6. The summed E-state index contributed by atoms with van der Waals surface area (Å²) in [6.45, 7) is 0.236. The number of rotatable bonds is 3. The van der Waals surface area contributed by atoms with Gasteiger partial charge < -0.3 is 14.7 Å². The van der Waals surface area contributed by atoms with Gasteiger partial charge in [-0.3, -0.25) is 0 Å². The van der Waals surface area contributed by atoms with Crippen LogP contribution >= 0.6 is 0 Å². The Kier molecular flexibility index (Phi) is 4.96. The molecule has 0 radical (unpaired) electrons. The van der Waals surface area contributed by atoms with E-state index in [-0.39, 0.29) is 43.0 Å². The topological polar surface area (TPSA) is 49.8 Å². The average Bonchev–Trinajstić information content (AvgIpc) is 3.29. The van der Waals surface area contributed by atoms with Gasteiger partial charge in [0.1, 0.15) is 18.2 Å². The van der Waals surface area contributed by atoms with Crippen molar-refractivity contribution in [2.24, 2.45) is 0 Å². The third-order valence-corrected chi connectivity index (χ3v) is 7.75. The van der Waals surface area contributed by atoms with Gasteiger partial charge in [0.05, 0.1) is 5.60 Å². The van der Waals surface area contributed by atoms with Crippen molar-refractivity contribution in [3.63, 3.8) is 0 Å². The predicted molar refractivity (Wildman–Crippen MR) is 123 cm³/mol. The SMILES string of the molecule is O=C(OCC1c2ccccc2-c2ccccc21)N1C2CCC1CC(O)(c1ccc(F)cc1F)C2. The Hall–Kier alpha value is -3.25. The number of carbonyl (C=O) groups excluding carboxylic acids is 1. The van der Waals surface area contributed by atoms with E-state index in [1.165, 1.54) is 17.2 Å². The van der Waals surface area contributed by atoms with Crippen LogP contribution in [0.4, 0.5) is 13.6 Å².